The molecule has 1 N–H and O–H groups in total. The highest BCUT2D eigenvalue weighted by molar-refractivity contribution is 5.59. The van der Waals surface area contributed by atoms with Gasteiger partial charge in [-0.05, 0) is 55.7 Å². The van der Waals surface area contributed by atoms with Crippen LogP contribution in [-0.4, -0.2) is 30.8 Å². The molecule has 6 heteroatoms. The van der Waals surface area contributed by atoms with Crippen LogP contribution in [0.5, 0.6) is 0 Å². The first kappa shape index (κ1) is 17.9. The van der Waals surface area contributed by atoms with Gasteiger partial charge >= 0.3 is 0 Å². The highest BCUT2D eigenvalue weighted by atomic mass is 15.3. The molecule has 6 nitrogen and oxygen atoms in total. The Kier molecular flexibility index (Phi) is 5.10. The van der Waals surface area contributed by atoms with Gasteiger partial charge in [0.1, 0.15) is 0 Å². The van der Waals surface area contributed by atoms with Crippen LogP contribution in [0.3, 0.4) is 0 Å². The van der Waals surface area contributed by atoms with Crippen LogP contribution in [0.2, 0.25) is 0 Å². The number of hydrogen-bond acceptors (Lipinski definition) is 5. The number of aryl methyl sites for hydroxylation is 1. The molecule has 0 radical (unpaired) electrons. The number of nitrogens with one attached hydrogen (secondary N) is 1. The van der Waals surface area contributed by atoms with E-state index in [1.54, 1.807) is 12.4 Å². The van der Waals surface area contributed by atoms with Crippen LogP contribution >= 0.6 is 0 Å². The lowest BCUT2D eigenvalue weighted by Crippen LogP contribution is -2.19. The quantitative estimate of drug-likeness (QED) is 0.554. The van der Waals surface area contributed by atoms with Crippen molar-refractivity contribution in [1.29, 1.82) is 0 Å². The summed E-state index contributed by atoms with van der Waals surface area (Å²) in [6.07, 6.45) is 10.1. The molecule has 0 unspecified atom stereocenters. The topological polar surface area (TPSA) is 68.5 Å². The Morgan fingerprint density at radius 2 is 2.00 bits per heavy atom. The summed E-state index contributed by atoms with van der Waals surface area (Å²) in [4.78, 5) is 13.2. The molecule has 1 aromatic carbocycles. The Morgan fingerprint density at radius 3 is 2.82 bits per heavy atom. The van der Waals surface area contributed by atoms with E-state index >= 15 is 0 Å². The third-order valence-corrected chi connectivity index (χ3v) is 4.44. The zero-order valence-electron chi connectivity index (χ0n) is 15.9. The fourth-order valence-corrected chi connectivity index (χ4v) is 3.10. The van der Waals surface area contributed by atoms with Gasteiger partial charge in [0.05, 0.1) is 17.6 Å². The minimum absolute atomic E-state index is 0.189. The fraction of sp³-hybridized carbons (Fsp3) is 0.182. The maximum absolute atomic E-state index is 4.66. The minimum atomic E-state index is 0.189. The van der Waals surface area contributed by atoms with Crippen LogP contribution in [0.25, 0.3) is 16.9 Å². The molecule has 1 atom stereocenters. The average molecular weight is 370 g/mol. The lowest BCUT2D eigenvalue weighted by atomic mass is 10.1. The van der Waals surface area contributed by atoms with E-state index < -0.39 is 0 Å². The van der Waals surface area contributed by atoms with Crippen LogP contribution in [0, 0.1) is 6.92 Å². The lowest BCUT2D eigenvalue weighted by Gasteiger charge is -2.13. The van der Waals surface area contributed by atoms with E-state index in [1.807, 2.05) is 47.5 Å². The third-order valence-electron chi connectivity index (χ3n) is 4.44. The maximum atomic E-state index is 4.66. The van der Waals surface area contributed by atoms with Gasteiger partial charge in [-0.25, -0.2) is 14.6 Å². The molecular formula is C22H22N6. The molecule has 0 saturated carbocycles. The number of nitrogens with zero attached hydrogens (tertiary/aromatic N) is 5. The Hall–Kier alpha value is -3.54. The summed E-state index contributed by atoms with van der Waals surface area (Å²) in [7, 11) is 0. The van der Waals surface area contributed by atoms with Gasteiger partial charge in [-0.2, -0.15) is 5.10 Å². The first-order valence-electron chi connectivity index (χ1n) is 9.28. The normalized spacial score (nSPS) is 11.9. The summed E-state index contributed by atoms with van der Waals surface area (Å²) in [5, 5.41) is 7.85. The van der Waals surface area contributed by atoms with E-state index in [1.165, 1.54) is 11.1 Å². The van der Waals surface area contributed by atoms with E-state index in [2.05, 4.69) is 57.4 Å². The van der Waals surface area contributed by atoms with E-state index in [0.29, 0.717) is 5.95 Å². The second kappa shape index (κ2) is 8.00. The predicted octanol–water partition coefficient (Wildman–Crippen LogP) is 4.08. The zero-order valence-corrected chi connectivity index (χ0v) is 15.9. The van der Waals surface area contributed by atoms with E-state index in [9.17, 15) is 0 Å². The van der Waals surface area contributed by atoms with Gasteiger partial charge in [0.2, 0.25) is 5.95 Å². The zero-order chi connectivity index (χ0) is 19.3. The number of pyridine rings is 1. The molecule has 0 amide bonds. The molecule has 0 spiro atoms. The molecule has 3 heterocycles. The van der Waals surface area contributed by atoms with Crippen molar-refractivity contribution in [2.24, 2.45) is 0 Å². The lowest BCUT2D eigenvalue weighted by molar-refractivity contribution is 0.774. The molecule has 3 aromatic heterocycles. The summed E-state index contributed by atoms with van der Waals surface area (Å²) < 4.78 is 1.86. The molecule has 0 aliphatic heterocycles. The molecule has 0 aliphatic carbocycles. The van der Waals surface area contributed by atoms with E-state index in [0.717, 1.165) is 23.4 Å². The predicted molar refractivity (Wildman–Crippen MR) is 110 cm³/mol. The van der Waals surface area contributed by atoms with Gasteiger partial charge in [0, 0.05) is 36.4 Å². The molecule has 0 saturated heterocycles. The standard InChI is InChI=1S/C22H22N6/c1-16-5-3-7-20(11-16)28-15-19(14-25-28)21-8-10-24-22(27-21)26-17(2)12-18-6-4-9-23-13-18/h3-11,13-15,17H,12H2,1-2H3,(H,24,26,27)/t17-/m0/s1. The summed E-state index contributed by atoms with van der Waals surface area (Å²) in [6.45, 7) is 4.18. The largest absolute Gasteiger partial charge is 0.351 e. The Morgan fingerprint density at radius 1 is 1.07 bits per heavy atom. The molecule has 28 heavy (non-hydrogen) atoms. The highest BCUT2D eigenvalue weighted by Crippen LogP contribution is 2.19. The van der Waals surface area contributed by atoms with Gasteiger partial charge < -0.3 is 5.32 Å². The van der Waals surface area contributed by atoms with Crippen molar-refractivity contribution in [3.63, 3.8) is 0 Å². The fourth-order valence-electron chi connectivity index (χ4n) is 3.10. The van der Waals surface area contributed by atoms with E-state index in [4.69, 9.17) is 0 Å². The smallest absolute Gasteiger partial charge is 0.223 e. The van der Waals surface area contributed by atoms with E-state index in [-0.39, 0.29) is 6.04 Å². The number of benzene rings is 1. The van der Waals surface area contributed by atoms with Gasteiger partial charge in [0.25, 0.3) is 0 Å². The maximum Gasteiger partial charge on any atom is 0.223 e. The van der Waals surface area contributed by atoms with Crippen molar-refractivity contribution in [1.82, 2.24) is 24.7 Å². The third kappa shape index (κ3) is 4.23. The van der Waals surface area contributed by atoms with Crippen LogP contribution in [0.15, 0.2) is 73.4 Å². The molecule has 0 aliphatic rings. The number of aromatic nitrogens is 5. The van der Waals surface area contributed by atoms with Crippen molar-refractivity contribution < 1.29 is 0 Å². The first-order chi connectivity index (χ1) is 13.7. The van der Waals surface area contributed by atoms with Crippen molar-refractivity contribution in [3.05, 3.63) is 84.6 Å². The van der Waals surface area contributed by atoms with Crippen molar-refractivity contribution in [2.75, 3.05) is 5.32 Å². The Labute approximate surface area is 164 Å². The molecule has 4 aromatic rings. The first-order valence-corrected chi connectivity index (χ1v) is 9.28. The average Bonchev–Trinajstić information content (AvgIpc) is 3.19. The molecule has 4 rings (SSSR count). The molecule has 0 fully saturated rings. The van der Waals surface area contributed by atoms with Crippen LogP contribution < -0.4 is 5.32 Å². The van der Waals surface area contributed by atoms with Crippen LogP contribution in [-0.2, 0) is 6.42 Å². The summed E-state index contributed by atoms with van der Waals surface area (Å²) in [5.74, 6) is 0.609. The second-order valence-electron chi connectivity index (χ2n) is 6.89. The van der Waals surface area contributed by atoms with Gasteiger partial charge in [-0.15, -0.1) is 0 Å². The summed E-state index contributed by atoms with van der Waals surface area (Å²) in [6, 6.07) is 14.3. The minimum Gasteiger partial charge on any atom is -0.351 e. The highest BCUT2D eigenvalue weighted by Gasteiger charge is 2.09. The van der Waals surface area contributed by atoms with Gasteiger partial charge in [-0.1, -0.05) is 18.2 Å². The van der Waals surface area contributed by atoms with Crippen molar-refractivity contribution >= 4 is 5.95 Å². The van der Waals surface area contributed by atoms with Crippen molar-refractivity contribution in [2.45, 2.75) is 26.3 Å². The molecule has 140 valence electrons. The number of anilines is 1. The second-order valence-corrected chi connectivity index (χ2v) is 6.89. The summed E-state index contributed by atoms with van der Waals surface area (Å²) in [5.41, 5.74) is 5.20. The monoisotopic (exact) mass is 370 g/mol. The van der Waals surface area contributed by atoms with Crippen LogP contribution in [0.4, 0.5) is 5.95 Å². The Balaban J connectivity index is 1.49. The summed E-state index contributed by atoms with van der Waals surface area (Å²) >= 11 is 0. The Bertz CT molecular complexity index is 1060. The number of rotatable bonds is 6. The molecule has 0 bridgehead atoms. The van der Waals surface area contributed by atoms with Gasteiger partial charge in [0.15, 0.2) is 0 Å². The number of hydrogen-bond donors (Lipinski definition) is 1. The van der Waals surface area contributed by atoms with Crippen molar-refractivity contribution in [3.8, 4) is 16.9 Å². The van der Waals surface area contributed by atoms with Gasteiger partial charge in [-0.3, -0.25) is 4.98 Å². The van der Waals surface area contributed by atoms with Crippen LogP contribution in [0.1, 0.15) is 18.1 Å². The SMILES string of the molecule is Cc1cccc(-n2cc(-c3ccnc(N[C@@H](C)Cc4cccnc4)n3)cn2)c1. The molecular weight excluding hydrogens is 348 g/mol.